The van der Waals surface area contributed by atoms with Gasteiger partial charge in [0, 0.05) is 12.8 Å². The second kappa shape index (κ2) is 9.06. The molecule has 25 heavy (non-hydrogen) atoms. The smallest absolute Gasteiger partial charge is 0.338 e. The summed E-state index contributed by atoms with van der Waals surface area (Å²) in [5.74, 6) is 0.679. The van der Waals surface area contributed by atoms with E-state index in [2.05, 4.69) is 0 Å². The summed E-state index contributed by atoms with van der Waals surface area (Å²) in [6.45, 7) is 3.50. The highest BCUT2D eigenvalue weighted by Gasteiger charge is 2.22. The van der Waals surface area contributed by atoms with Gasteiger partial charge in [-0.3, -0.25) is 0 Å². The van der Waals surface area contributed by atoms with Gasteiger partial charge in [0.15, 0.2) is 24.1 Å². The van der Waals surface area contributed by atoms with Crippen LogP contribution in [0.5, 0.6) is 11.5 Å². The third-order valence-electron chi connectivity index (χ3n) is 4.25. The van der Waals surface area contributed by atoms with E-state index in [1.54, 1.807) is 25.1 Å². The van der Waals surface area contributed by atoms with E-state index in [4.69, 9.17) is 23.7 Å². The van der Waals surface area contributed by atoms with Gasteiger partial charge in [-0.15, -0.1) is 0 Å². The van der Waals surface area contributed by atoms with E-state index in [0.717, 1.165) is 38.5 Å². The molecule has 2 heterocycles. The number of ether oxygens (including phenoxy) is 5. The molecule has 2 aliphatic rings. The minimum Gasteiger partial charge on any atom is -0.462 e. The molecule has 0 saturated carbocycles. The standard InChI is InChI=1S/C19H26O6/c1-2-21-19(20)14-9-10-15(24-17-7-3-5-11-22-17)16(13-14)25-18-8-4-6-12-23-18/h9-10,13,17-18H,2-8,11-12H2,1H3. The molecular formula is C19H26O6. The molecule has 0 aliphatic carbocycles. The lowest BCUT2D eigenvalue weighted by molar-refractivity contribution is -0.119. The summed E-state index contributed by atoms with van der Waals surface area (Å²) in [5, 5.41) is 0. The van der Waals surface area contributed by atoms with Gasteiger partial charge in [0.25, 0.3) is 0 Å². The molecule has 0 bridgehead atoms. The van der Waals surface area contributed by atoms with Crippen LogP contribution in [-0.4, -0.2) is 38.4 Å². The first-order chi connectivity index (χ1) is 12.3. The van der Waals surface area contributed by atoms with Gasteiger partial charge in [0.2, 0.25) is 0 Å². The minimum absolute atomic E-state index is 0.281. The van der Waals surface area contributed by atoms with E-state index < -0.39 is 0 Å². The van der Waals surface area contributed by atoms with Gasteiger partial charge in [-0.1, -0.05) is 0 Å². The van der Waals surface area contributed by atoms with Crippen molar-refractivity contribution in [1.82, 2.24) is 0 Å². The Morgan fingerprint density at radius 1 is 1.00 bits per heavy atom. The van der Waals surface area contributed by atoms with Gasteiger partial charge >= 0.3 is 5.97 Å². The Labute approximate surface area is 148 Å². The van der Waals surface area contributed by atoms with Crippen LogP contribution >= 0.6 is 0 Å². The number of rotatable bonds is 6. The number of carbonyl (C=O) groups is 1. The highest BCUT2D eigenvalue weighted by Crippen LogP contribution is 2.33. The zero-order valence-corrected chi connectivity index (χ0v) is 14.7. The Morgan fingerprint density at radius 2 is 1.64 bits per heavy atom. The summed E-state index contributed by atoms with van der Waals surface area (Å²) in [7, 11) is 0. The SMILES string of the molecule is CCOC(=O)c1ccc(OC2CCCCO2)c(OC2CCCCO2)c1. The predicted molar refractivity (Wildman–Crippen MR) is 90.8 cm³/mol. The maximum Gasteiger partial charge on any atom is 0.338 e. The monoisotopic (exact) mass is 350 g/mol. The Hall–Kier alpha value is -1.79. The van der Waals surface area contributed by atoms with Crippen molar-refractivity contribution >= 4 is 5.97 Å². The van der Waals surface area contributed by atoms with Crippen LogP contribution in [0, 0.1) is 0 Å². The highest BCUT2D eigenvalue weighted by atomic mass is 16.7. The van der Waals surface area contributed by atoms with Crippen LogP contribution in [0.3, 0.4) is 0 Å². The molecular weight excluding hydrogens is 324 g/mol. The predicted octanol–water partition coefficient (Wildman–Crippen LogP) is 3.67. The molecule has 138 valence electrons. The topological polar surface area (TPSA) is 63.2 Å². The summed E-state index contributed by atoms with van der Waals surface area (Å²) < 4.78 is 28.3. The van der Waals surface area contributed by atoms with Crippen LogP contribution in [0.2, 0.25) is 0 Å². The fraction of sp³-hybridized carbons (Fsp3) is 0.632. The number of esters is 1. The Bertz CT molecular complexity index is 561. The van der Waals surface area contributed by atoms with E-state index in [0.29, 0.717) is 36.9 Å². The van der Waals surface area contributed by atoms with E-state index >= 15 is 0 Å². The first kappa shape index (κ1) is 18.0. The average molecular weight is 350 g/mol. The molecule has 6 heteroatoms. The van der Waals surface area contributed by atoms with Crippen LogP contribution in [-0.2, 0) is 14.2 Å². The second-order valence-electron chi connectivity index (χ2n) is 6.21. The number of benzene rings is 1. The average Bonchev–Trinajstić information content (AvgIpc) is 2.65. The minimum atomic E-state index is -0.377. The van der Waals surface area contributed by atoms with Crippen molar-refractivity contribution in [2.75, 3.05) is 19.8 Å². The molecule has 3 rings (SSSR count). The number of carbonyl (C=O) groups excluding carboxylic acids is 1. The Balaban J connectivity index is 1.77. The molecule has 6 nitrogen and oxygen atoms in total. The van der Waals surface area contributed by atoms with Crippen LogP contribution in [0.15, 0.2) is 18.2 Å². The fourth-order valence-electron chi connectivity index (χ4n) is 2.93. The van der Waals surface area contributed by atoms with Gasteiger partial charge in [-0.2, -0.15) is 0 Å². The second-order valence-corrected chi connectivity index (χ2v) is 6.21. The number of hydrogen-bond acceptors (Lipinski definition) is 6. The van der Waals surface area contributed by atoms with Crippen molar-refractivity contribution in [3.05, 3.63) is 23.8 Å². The van der Waals surface area contributed by atoms with Crippen LogP contribution in [0.4, 0.5) is 0 Å². The van der Waals surface area contributed by atoms with Gasteiger partial charge in [0.05, 0.1) is 25.4 Å². The van der Waals surface area contributed by atoms with Crippen molar-refractivity contribution in [3.63, 3.8) is 0 Å². The molecule has 2 aliphatic heterocycles. The molecule has 0 aromatic heterocycles. The zero-order valence-electron chi connectivity index (χ0n) is 14.7. The molecule has 0 radical (unpaired) electrons. The summed E-state index contributed by atoms with van der Waals surface area (Å²) in [5.41, 5.74) is 0.435. The molecule has 2 atom stereocenters. The summed E-state index contributed by atoms with van der Waals surface area (Å²) >= 11 is 0. The van der Waals surface area contributed by atoms with E-state index in [-0.39, 0.29) is 18.5 Å². The van der Waals surface area contributed by atoms with Crippen molar-refractivity contribution in [3.8, 4) is 11.5 Å². The fourth-order valence-corrected chi connectivity index (χ4v) is 2.93. The lowest BCUT2D eigenvalue weighted by Crippen LogP contribution is -2.27. The molecule has 2 saturated heterocycles. The maximum atomic E-state index is 12.0. The van der Waals surface area contributed by atoms with Gasteiger partial charge in [-0.25, -0.2) is 4.79 Å². The van der Waals surface area contributed by atoms with E-state index in [1.165, 1.54) is 0 Å². The normalized spacial score (nSPS) is 23.7. The lowest BCUT2D eigenvalue weighted by atomic mass is 10.1. The van der Waals surface area contributed by atoms with Crippen molar-refractivity contribution < 1.29 is 28.5 Å². The van der Waals surface area contributed by atoms with Crippen LogP contribution < -0.4 is 9.47 Å². The van der Waals surface area contributed by atoms with Crippen LogP contribution in [0.25, 0.3) is 0 Å². The van der Waals surface area contributed by atoms with E-state index in [9.17, 15) is 4.79 Å². The largest absolute Gasteiger partial charge is 0.462 e. The zero-order chi connectivity index (χ0) is 17.5. The molecule has 2 fully saturated rings. The third-order valence-corrected chi connectivity index (χ3v) is 4.25. The molecule has 0 amide bonds. The molecule has 2 unspecified atom stereocenters. The molecule has 0 N–H and O–H groups in total. The van der Waals surface area contributed by atoms with Crippen molar-refractivity contribution in [2.45, 2.75) is 58.0 Å². The first-order valence-corrected chi connectivity index (χ1v) is 9.14. The molecule has 1 aromatic carbocycles. The Morgan fingerprint density at radius 3 is 2.20 bits per heavy atom. The summed E-state index contributed by atoms with van der Waals surface area (Å²) in [6.07, 6.45) is 5.31. The summed E-state index contributed by atoms with van der Waals surface area (Å²) in [4.78, 5) is 12.0. The highest BCUT2D eigenvalue weighted by molar-refractivity contribution is 5.90. The van der Waals surface area contributed by atoms with Crippen molar-refractivity contribution in [2.24, 2.45) is 0 Å². The van der Waals surface area contributed by atoms with Crippen LogP contribution in [0.1, 0.15) is 55.8 Å². The number of hydrogen-bond donors (Lipinski definition) is 0. The summed E-state index contributed by atoms with van der Waals surface area (Å²) in [6, 6.07) is 5.08. The maximum absolute atomic E-state index is 12.0. The van der Waals surface area contributed by atoms with E-state index in [1.807, 2.05) is 0 Å². The molecule has 1 aromatic rings. The Kier molecular flexibility index (Phi) is 6.53. The van der Waals surface area contributed by atoms with Gasteiger partial charge in [0.1, 0.15) is 0 Å². The third kappa shape index (κ3) is 5.09. The van der Waals surface area contributed by atoms with Crippen molar-refractivity contribution in [1.29, 1.82) is 0 Å². The lowest BCUT2D eigenvalue weighted by Gasteiger charge is -2.27. The first-order valence-electron chi connectivity index (χ1n) is 9.14. The molecule has 0 spiro atoms. The van der Waals surface area contributed by atoms with Gasteiger partial charge in [-0.05, 0) is 50.8 Å². The van der Waals surface area contributed by atoms with Gasteiger partial charge < -0.3 is 23.7 Å². The quantitative estimate of drug-likeness (QED) is 0.730.